The molecule has 1 N–H and O–H groups in total. The minimum Gasteiger partial charge on any atom is -0.490 e. The second kappa shape index (κ2) is 12.4. The smallest absolute Gasteiger partial charge is 0.282 e. The molecular weight excluding hydrogens is 492 g/mol. The number of aromatic nitrogens is 2. The van der Waals surface area contributed by atoms with Gasteiger partial charge in [-0.05, 0) is 67.8 Å². The van der Waals surface area contributed by atoms with E-state index in [0.717, 1.165) is 31.2 Å². The zero-order chi connectivity index (χ0) is 27.0. The maximum Gasteiger partial charge on any atom is 0.282 e. The van der Waals surface area contributed by atoms with E-state index < -0.39 is 0 Å². The number of rotatable bonds is 9. The fourth-order valence-corrected chi connectivity index (χ4v) is 4.86. The van der Waals surface area contributed by atoms with Crippen molar-refractivity contribution in [2.45, 2.75) is 44.9 Å². The number of benzene rings is 3. The molecule has 0 atom stereocenters. The second-order valence-corrected chi connectivity index (χ2v) is 9.53. The van der Waals surface area contributed by atoms with Gasteiger partial charge in [-0.15, -0.1) is 0 Å². The van der Waals surface area contributed by atoms with Crippen molar-refractivity contribution >= 4 is 28.7 Å². The topological polar surface area (TPSA) is 94.8 Å². The van der Waals surface area contributed by atoms with Crippen LogP contribution in [0.4, 0.5) is 5.69 Å². The van der Waals surface area contributed by atoms with Crippen LogP contribution in [0, 0.1) is 0 Å². The van der Waals surface area contributed by atoms with Gasteiger partial charge in [0.25, 0.3) is 11.5 Å². The van der Waals surface area contributed by atoms with Crippen molar-refractivity contribution in [2.24, 2.45) is 5.10 Å². The van der Waals surface area contributed by atoms with E-state index in [4.69, 9.17) is 14.5 Å². The van der Waals surface area contributed by atoms with E-state index in [1.54, 1.807) is 24.4 Å². The van der Waals surface area contributed by atoms with Crippen LogP contribution in [0.15, 0.2) is 82.7 Å². The Kier molecular flexibility index (Phi) is 8.31. The number of amides is 1. The van der Waals surface area contributed by atoms with Crippen LogP contribution in [0.25, 0.3) is 10.9 Å². The van der Waals surface area contributed by atoms with Crippen molar-refractivity contribution in [2.75, 3.05) is 18.5 Å². The Balaban J connectivity index is 1.39. The largest absolute Gasteiger partial charge is 0.490 e. The van der Waals surface area contributed by atoms with Gasteiger partial charge in [0.05, 0.1) is 23.7 Å². The normalized spacial score (nSPS) is 14.0. The monoisotopic (exact) mass is 524 g/mol. The fraction of sp³-hybridized carbons (Fsp3) is 0.290. The highest BCUT2D eigenvalue weighted by atomic mass is 16.5. The van der Waals surface area contributed by atoms with E-state index in [2.05, 4.69) is 10.4 Å². The van der Waals surface area contributed by atoms with Crippen LogP contribution in [-0.4, -0.2) is 35.0 Å². The molecule has 1 aromatic heterocycles. The van der Waals surface area contributed by atoms with Gasteiger partial charge in [0.2, 0.25) is 0 Å². The molecular formula is C31H32N4O4. The molecule has 4 aromatic rings. The minimum absolute atomic E-state index is 0.161. The Labute approximate surface area is 227 Å². The summed E-state index contributed by atoms with van der Waals surface area (Å²) < 4.78 is 13.0. The predicted octanol–water partition coefficient (Wildman–Crippen LogP) is 5.74. The highest BCUT2D eigenvalue weighted by molar-refractivity contribution is 5.91. The van der Waals surface area contributed by atoms with E-state index in [1.807, 2.05) is 61.5 Å². The van der Waals surface area contributed by atoms with Crippen LogP contribution >= 0.6 is 0 Å². The number of carbonyl (C=O) groups is 1. The van der Waals surface area contributed by atoms with Gasteiger partial charge in [-0.3, -0.25) is 9.59 Å². The Morgan fingerprint density at radius 1 is 1.00 bits per heavy atom. The lowest BCUT2D eigenvalue weighted by molar-refractivity contribution is -0.118. The first-order chi connectivity index (χ1) is 19.1. The van der Waals surface area contributed by atoms with Crippen LogP contribution in [0.1, 0.15) is 56.3 Å². The molecule has 0 spiro atoms. The van der Waals surface area contributed by atoms with E-state index in [9.17, 15) is 9.59 Å². The lowest BCUT2D eigenvalue weighted by Gasteiger charge is -2.22. The highest BCUT2D eigenvalue weighted by Crippen LogP contribution is 2.32. The van der Waals surface area contributed by atoms with Crippen LogP contribution in [-0.2, 0) is 4.79 Å². The molecule has 1 amide bonds. The van der Waals surface area contributed by atoms with Crippen LogP contribution in [0.5, 0.6) is 11.5 Å². The summed E-state index contributed by atoms with van der Waals surface area (Å²) >= 11 is 0. The summed E-state index contributed by atoms with van der Waals surface area (Å²) in [5, 5.41) is 7.95. The zero-order valence-electron chi connectivity index (χ0n) is 22.0. The van der Waals surface area contributed by atoms with Gasteiger partial charge >= 0.3 is 0 Å². The first-order valence-corrected chi connectivity index (χ1v) is 13.4. The van der Waals surface area contributed by atoms with Crippen LogP contribution in [0.2, 0.25) is 0 Å². The molecule has 1 saturated carbocycles. The van der Waals surface area contributed by atoms with Gasteiger partial charge in [-0.1, -0.05) is 49.6 Å². The molecule has 0 aliphatic heterocycles. The van der Waals surface area contributed by atoms with Crippen molar-refractivity contribution in [3.63, 3.8) is 0 Å². The molecule has 1 fully saturated rings. The van der Waals surface area contributed by atoms with Gasteiger partial charge in [-0.25, -0.2) is 4.98 Å². The fourth-order valence-electron chi connectivity index (χ4n) is 4.86. The number of fused-ring (bicyclic) bond motifs is 1. The molecule has 8 nitrogen and oxygen atoms in total. The average Bonchev–Trinajstić information content (AvgIpc) is 2.97. The van der Waals surface area contributed by atoms with Crippen molar-refractivity contribution < 1.29 is 14.3 Å². The first kappa shape index (κ1) is 26.2. The molecule has 200 valence electrons. The number of nitrogens with one attached hydrogen (secondary N) is 1. The molecule has 39 heavy (non-hydrogen) atoms. The Hall–Kier alpha value is -4.46. The number of hydrogen-bond acceptors (Lipinski definition) is 6. The first-order valence-electron chi connectivity index (χ1n) is 13.4. The molecule has 8 heteroatoms. The third-order valence-electron chi connectivity index (χ3n) is 6.76. The number of ether oxygens (including phenoxy) is 2. The molecule has 0 saturated heterocycles. The summed E-state index contributed by atoms with van der Waals surface area (Å²) in [5.74, 6) is 1.58. The quantitative estimate of drug-likeness (QED) is 0.282. The third-order valence-corrected chi connectivity index (χ3v) is 6.76. The summed E-state index contributed by atoms with van der Waals surface area (Å²) in [4.78, 5) is 30.6. The number of hydrogen-bond donors (Lipinski definition) is 1. The number of nitrogens with zero attached hydrogens (tertiary/aromatic N) is 3. The van der Waals surface area contributed by atoms with Crippen molar-refractivity contribution in [3.8, 4) is 11.5 Å². The Morgan fingerprint density at radius 3 is 2.56 bits per heavy atom. The summed E-state index contributed by atoms with van der Waals surface area (Å²) in [6, 6.07) is 22.0. The molecule has 1 heterocycles. The van der Waals surface area contributed by atoms with Crippen molar-refractivity contribution in [1.29, 1.82) is 0 Å². The van der Waals surface area contributed by atoms with Crippen LogP contribution < -0.4 is 20.3 Å². The Bertz CT molecular complexity index is 1530. The maximum atomic E-state index is 13.4. The van der Waals surface area contributed by atoms with Gasteiger partial charge in [-0.2, -0.15) is 9.78 Å². The SMILES string of the molecule is CCOc1cc(C=Nn2c(C3CCCCC3)nc3ccccc3c2=O)ccc1OCC(=O)Nc1ccccc1. The minimum atomic E-state index is -0.271. The zero-order valence-corrected chi connectivity index (χ0v) is 22.0. The molecule has 0 bridgehead atoms. The number of carbonyl (C=O) groups excluding carboxylic acids is 1. The standard InChI is InChI=1S/C31H32N4O4/c1-2-38-28-19-22(17-18-27(28)39-21-29(36)33-24-13-7-4-8-14-24)20-32-35-30(23-11-5-3-6-12-23)34-26-16-10-9-15-25(26)31(35)37/h4,7-10,13-20,23H,2-3,5-6,11-12,21H2,1H3,(H,33,36). The average molecular weight is 525 g/mol. The summed E-state index contributed by atoms with van der Waals surface area (Å²) in [5.41, 5.74) is 1.96. The van der Waals surface area contributed by atoms with E-state index >= 15 is 0 Å². The molecule has 0 radical (unpaired) electrons. The van der Waals surface area contributed by atoms with Crippen LogP contribution in [0.3, 0.4) is 0 Å². The van der Waals surface area contributed by atoms with Crippen molar-refractivity contribution in [3.05, 3.63) is 94.5 Å². The summed E-state index contributed by atoms with van der Waals surface area (Å²) in [6.07, 6.45) is 7.09. The van der Waals surface area contributed by atoms with Gasteiger partial charge < -0.3 is 14.8 Å². The van der Waals surface area contributed by atoms with E-state index in [0.29, 0.717) is 40.5 Å². The van der Waals surface area contributed by atoms with E-state index in [1.165, 1.54) is 11.1 Å². The third kappa shape index (κ3) is 6.34. The molecule has 1 aliphatic carbocycles. The molecule has 5 rings (SSSR count). The van der Waals surface area contributed by atoms with Gasteiger partial charge in [0, 0.05) is 11.6 Å². The van der Waals surface area contributed by atoms with Gasteiger partial charge in [0.1, 0.15) is 5.82 Å². The highest BCUT2D eigenvalue weighted by Gasteiger charge is 2.22. The van der Waals surface area contributed by atoms with Gasteiger partial charge in [0.15, 0.2) is 18.1 Å². The second-order valence-electron chi connectivity index (χ2n) is 9.53. The molecule has 1 aliphatic rings. The Morgan fingerprint density at radius 2 is 1.77 bits per heavy atom. The van der Waals surface area contributed by atoms with Crippen molar-refractivity contribution in [1.82, 2.24) is 9.66 Å². The lowest BCUT2D eigenvalue weighted by atomic mass is 9.88. The molecule has 0 unspecified atom stereocenters. The van der Waals surface area contributed by atoms with E-state index in [-0.39, 0.29) is 24.0 Å². The summed E-state index contributed by atoms with van der Waals surface area (Å²) in [6.45, 7) is 2.14. The predicted molar refractivity (Wildman–Crippen MR) is 153 cm³/mol. The lowest BCUT2D eigenvalue weighted by Crippen LogP contribution is -2.25. The number of para-hydroxylation sites is 2. The molecule has 3 aromatic carbocycles. The number of anilines is 1. The summed E-state index contributed by atoms with van der Waals surface area (Å²) in [7, 11) is 0. The maximum absolute atomic E-state index is 13.4.